The van der Waals surface area contributed by atoms with Gasteiger partial charge in [0.05, 0.1) is 0 Å². The van der Waals surface area contributed by atoms with Crippen LogP contribution in [0.5, 0.6) is 0 Å². The third-order valence-electron chi connectivity index (χ3n) is 3.79. The standard InChI is InChI=1S/C16H20N4O2S/c21-14(20-10-5-1-2-6-11-20)8-12-23-16-19-18-15(22-16)13-7-3-4-9-17-13/h3-4,7,9H,1-2,5-6,8,10-12H2. The number of carbonyl (C=O) groups excluding carboxylic acids is 1. The van der Waals surface area contributed by atoms with E-state index in [-0.39, 0.29) is 5.91 Å². The van der Waals surface area contributed by atoms with Gasteiger partial charge in [-0.1, -0.05) is 30.7 Å². The summed E-state index contributed by atoms with van der Waals surface area (Å²) in [5.74, 6) is 1.29. The molecule has 0 spiro atoms. The zero-order valence-electron chi connectivity index (χ0n) is 13.0. The van der Waals surface area contributed by atoms with E-state index < -0.39 is 0 Å². The van der Waals surface area contributed by atoms with Crippen molar-refractivity contribution >= 4 is 17.7 Å². The summed E-state index contributed by atoms with van der Waals surface area (Å²) in [4.78, 5) is 18.4. The van der Waals surface area contributed by atoms with Crippen LogP contribution in [0.1, 0.15) is 32.1 Å². The van der Waals surface area contributed by atoms with E-state index in [1.807, 2.05) is 23.1 Å². The largest absolute Gasteiger partial charge is 0.410 e. The lowest BCUT2D eigenvalue weighted by Gasteiger charge is -2.19. The van der Waals surface area contributed by atoms with Gasteiger partial charge in [0.2, 0.25) is 5.91 Å². The van der Waals surface area contributed by atoms with Crippen molar-refractivity contribution < 1.29 is 9.21 Å². The maximum atomic E-state index is 12.2. The van der Waals surface area contributed by atoms with Crippen molar-refractivity contribution in [1.82, 2.24) is 20.1 Å². The Kier molecular flexibility index (Phi) is 5.63. The molecule has 23 heavy (non-hydrogen) atoms. The second-order valence-electron chi connectivity index (χ2n) is 5.48. The van der Waals surface area contributed by atoms with Gasteiger partial charge in [0.15, 0.2) is 0 Å². The van der Waals surface area contributed by atoms with E-state index in [1.165, 1.54) is 24.6 Å². The highest BCUT2D eigenvalue weighted by Crippen LogP contribution is 2.22. The summed E-state index contributed by atoms with van der Waals surface area (Å²) in [6, 6.07) is 5.54. The number of amides is 1. The Bertz CT molecular complexity index is 624. The summed E-state index contributed by atoms with van der Waals surface area (Å²) >= 11 is 1.42. The molecule has 122 valence electrons. The van der Waals surface area contributed by atoms with Gasteiger partial charge in [0.25, 0.3) is 11.1 Å². The van der Waals surface area contributed by atoms with E-state index in [0.29, 0.717) is 29.0 Å². The predicted molar refractivity (Wildman–Crippen MR) is 87.9 cm³/mol. The van der Waals surface area contributed by atoms with Crippen LogP contribution in [0.3, 0.4) is 0 Å². The van der Waals surface area contributed by atoms with E-state index in [2.05, 4.69) is 15.2 Å². The third kappa shape index (κ3) is 4.54. The van der Waals surface area contributed by atoms with Crippen LogP contribution in [-0.4, -0.2) is 44.8 Å². The molecule has 0 N–H and O–H groups in total. The van der Waals surface area contributed by atoms with Crippen LogP contribution in [0.25, 0.3) is 11.6 Å². The second-order valence-corrected chi connectivity index (χ2v) is 6.53. The molecule has 7 heteroatoms. The van der Waals surface area contributed by atoms with Gasteiger partial charge in [-0.05, 0) is 25.0 Å². The monoisotopic (exact) mass is 332 g/mol. The van der Waals surface area contributed by atoms with Crippen molar-refractivity contribution in [3.63, 3.8) is 0 Å². The van der Waals surface area contributed by atoms with E-state index in [1.54, 1.807) is 6.20 Å². The summed E-state index contributed by atoms with van der Waals surface area (Å²) in [6.07, 6.45) is 6.90. The zero-order valence-corrected chi connectivity index (χ0v) is 13.8. The van der Waals surface area contributed by atoms with Crippen LogP contribution < -0.4 is 0 Å². The molecular weight excluding hydrogens is 312 g/mol. The lowest BCUT2D eigenvalue weighted by molar-refractivity contribution is -0.130. The second kappa shape index (κ2) is 8.10. The first-order valence-corrected chi connectivity index (χ1v) is 8.97. The molecular formula is C16H20N4O2S. The first kappa shape index (κ1) is 16.0. The van der Waals surface area contributed by atoms with Gasteiger partial charge in [-0.25, -0.2) is 0 Å². The molecule has 0 radical (unpaired) electrons. The van der Waals surface area contributed by atoms with Crippen molar-refractivity contribution in [3.8, 4) is 11.6 Å². The van der Waals surface area contributed by atoms with Crippen molar-refractivity contribution in [2.24, 2.45) is 0 Å². The molecule has 2 aromatic heterocycles. The number of pyridine rings is 1. The number of nitrogens with zero attached hydrogens (tertiary/aromatic N) is 4. The predicted octanol–water partition coefficient (Wildman–Crippen LogP) is 3.02. The van der Waals surface area contributed by atoms with Gasteiger partial charge in [0, 0.05) is 31.5 Å². The molecule has 1 fully saturated rings. The lowest BCUT2D eigenvalue weighted by atomic mass is 10.2. The fourth-order valence-corrected chi connectivity index (χ4v) is 3.25. The number of rotatable bonds is 5. The van der Waals surface area contributed by atoms with Crippen molar-refractivity contribution in [3.05, 3.63) is 24.4 Å². The number of aromatic nitrogens is 3. The van der Waals surface area contributed by atoms with Crippen LogP contribution in [0, 0.1) is 0 Å². The molecule has 0 unspecified atom stereocenters. The molecule has 1 amide bonds. The van der Waals surface area contributed by atoms with Crippen LogP contribution in [0.2, 0.25) is 0 Å². The molecule has 3 heterocycles. The molecule has 0 aliphatic carbocycles. The smallest absolute Gasteiger partial charge is 0.276 e. The number of hydrogen-bond acceptors (Lipinski definition) is 6. The Balaban J connectivity index is 1.47. The maximum Gasteiger partial charge on any atom is 0.276 e. The Hall–Kier alpha value is -1.89. The fourth-order valence-electron chi connectivity index (χ4n) is 2.56. The zero-order chi connectivity index (χ0) is 15.9. The van der Waals surface area contributed by atoms with E-state index in [9.17, 15) is 4.79 Å². The van der Waals surface area contributed by atoms with Crippen molar-refractivity contribution in [1.29, 1.82) is 0 Å². The molecule has 0 aromatic carbocycles. The highest BCUT2D eigenvalue weighted by molar-refractivity contribution is 7.99. The summed E-state index contributed by atoms with van der Waals surface area (Å²) in [7, 11) is 0. The van der Waals surface area contributed by atoms with Crippen LogP contribution in [0.15, 0.2) is 34.0 Å². The molecule has 1 aliphatic rings. The van der Waals surface area contributed by atoms with Gasteiger partial charge >= 0.3 is 0 Å². The number of carbonyl (C=O) groups is 1. The summed E-state index contributed by atoms with van der Waals surface area (Å²) in [5.41, 5.74) is 0.660. The van der Waals surface area contributed by atoms with E-state index in [4.69, 9.17) is 4.42 Å². The SMILES string of the molecule is O=C(CCSc1nnc(-c2ccccn2)o1)N1CCCCCC1. The molecule has 2 aromatic rings. The topological polar surface area (TPSA) is 72.1 Å². The minimum atomic E-state index is 0.226. The molecule has 3 rings (SSSR count). The third-order valence-corrected chi connectivity index (χ3v) is 4.61. The average molecular weight is 332 g/mol. The Labute approximate surface area is 139 Å². The Morgan fingerprint density at radius 1 is 1.17 bits per heavy atom. The molecule has 1 saturated heterocycles. The lowest BCUT2D eigenvalue weighted by Crippen LogP contribution is -2.31. The molecule has 0 bridgehead atoms. The quantitative estimate of drug-likeness (QED) is 0.784. The number of hydrogen-bond donors (Lipinski definition) is 0. The van der Waals surface area contributed by atoms with Crippen LogP contribution in [0.4, 0.5) is 0 Å². The Morgan fingerprint density at radius 3 is 2.74 bits per heavy atom. The summed E-state index contributed by atoms with van der Waals surface area (Å²) < 4.78 is 5.57. The summed E-state index contributed by atoms with van der Waals surface area (Å²) in [5, 5.41) is 8.47. The van der Waals surface area contributed by atoms with Crippen molar-refractivity contribution in [2.45, 2.75) is 37.3 Å². The Morgan fingerprint density at radius 2 is 2.00 bits per heavy atom. The van der Waals surface area contributed by atoms with E-state index in [0.717, 1.165) is 25.9 Å². The highest BCUT2D eigenvalue weighted by atomic mass is 32.2. The highest BCUT2D eigenvalue weighted by Gasteiger charge is 2.16. The van der Waals surface area contributed by atoms with Crippen molar-refractivity contribution in [2.75, 3.05) is 18.8 Å². The minimum Gasteiger partial charge on any atom is -0.410 e. The summed E-state index contributed by atoms with van der Waals surface area (Å²) in [6.45, 7) is 1.79. The van der Waals surface area contributed by atoms with Crippen LogP contribution in [-0.2, 0) is 4.79 Å². The van der Waals surface area contributed by atoms with Gasteiger partial charge < -0.3 is 9.32 Å². The maximum absolute atomic E-state index is 12.2. The van der Waals surface area contributed by atoms with Crippen LogP contribution >= 0.6 is 11.8 Å². The molecule has 6 nitrogen and oxygen atoms in total. The average Bonchev–Trinajstić information content (AvgIpc) is 2.89. The first-order valence-electron chi connectivity index (χ1n) is 7.98. The fraction of sp³-hybridized carbons (Fsp3) is 0.500. The van der Waals surface area contributed by atoms with Gasteiger partial charge in [-0.3, -0.25) is 9.78 Å². The first-order chi connectivity index (χ1) is 11.3. The molecule has 0 atom stereocenters. The molecule has 0 saturated carbocycles. The van der Waals surface area contributed by atoms with Gasteiger partial charge in [-0.15, -0.1) is 10.2 Å². The van der Waals surface area contributed by atoms with Gasteiger partial charge in [0.1, 0.15) is 5.69 Å². The normalized spacial score (nSPS) is 15.4. The van der Waals surface area contributed by atoms with E-state index >= 15 is 0 Å². The van der Waals surface area contributed by atoms with Gasteiger partial charge in [-0.2, -0.15) is 0 Å². The minimum absolute atomic E-state index is 0.226. The number of likely N-dealkylation sites (tertiary alicyclic amines) is 1. The number of thioether (sulfide) groups is 1. The molecule has 1 aliphatic heterocycles.